The molecule has 0 aliphatic carbocycles. The topological polar surface area (TPSA) is 44.6 Å². The standard InChI is InChI=1S/C23H39NO2/c1-4-7-8-9-10-11-12-13-14-15-17-20-18-16-19-21(23(25)26)22(20)24(5-2)6-3/h16,18-19H,4-15,17H2,1-3H3,(H,25,26). The van der Waals surface area contributed by atoms with Crippen molar-refractivity contribution in [2.24, 2.45) is 0 Å². The summed E-state index contributed by atoms with van der Waals surface area (Å²) in [6, 6.07) is 5.65. The van der Waals surface area contributed by atoms with E-state index in [4.69, 9.17) is 0 Å². The van der Waals surface area contributed by atoms with Gasteiger partial charge in [0.15, 0.2) is 0 Å². The Morgan fingerprint density at radius 3 is 1.88 bits per heavy atom. The number of carboxylic acids is 1. The van der Waals surface area contributed by atoms with E-state index in [9.17, 15) is 9.90 Å². The van der Waals surface area contributed by atoms with Crippen molar-refractivity contribution in [1.29, 1.82) is 0 Å². The third-order valence-corrected chi connectivity index (χ3v) is 5.38. The van der Waals surface area contributed by atoms with E-state index in [-0.39, 0.29) is 0 Å². The first kappa shape index (κ1) is 22.7. The Morgan fingerprint density at radius 1 is 0.846 bits per heavy atom. The third kappa shape index (κ3) is 7.90. The highest BCUT2D eigenvalue weighted by atomic mass is 16.4. The van der Waals surface area contributed by atoms with Crippen molar-refractivity contribution in [3.63, 3.8) is 0 Å². The van der Waals surface area contributed by atoms with Crippen LogP contribution < -0.4 is 10.0 Å². The number of hydrogen-bond donors (Lipinski definition) is 1. The van der Waals surface area contributed by atoms with Crippen molar-refractivity contribution in [1.82, 2.24) is 0 Å². The molecule has 26 heavy (non-hydrogen) atoms. The second kappa shape index (κ2) is 13.8. The molecule has 0 fully saturated rings. The van der Waals surface area contributed by atoms with Crippen LogP contribution in [-0.4, -0.2) is 19.1 Å². The Morgan fingerprint density at radius 2 is 1.38 bits per heavy atom. The molecule has 0 saturated carbocycles. The molecule has 148 valence electrons. The number of benzene rings is 1. The van der Waals surface area contributed by atoms with Crippen LogP contribution in [0.1, 0.15) is 101 Å². The molecule has 3 nitrogen and oxygen atoms in total. The maximum atomic E-state index is 11.5. The van der Waals surface area contributed by atoms with Crippen LogP contribution in [0.2, 0.25) is 0 Å². The van der Waals surface area contributed by atoms with Crippen molar-refractivity contribution < 1.29 is 14.8 Å². The predicted molar refractivity (Wildman–Crippen MR) is 108 cm³/mol. The summed E-state index contributed by atoms with van der Waals surface area (Å²) in [6.07, 6.45) is 14.2. The summed E-state index contributed by atoms with van der Waals surface area (Å²) in [7, 11) is 0. The normalized spacial score (nSPS) is 11.2. The van der Waals surface area contributed by atoms with Gasteiger partial charge in [0, 0.05) is 5.56 Å². The average Bonchev–Trinajstić information content (AvgIpc) is 2.64. The second-order valence-corrected chi connectivity index (χ2v) is 7.37. The number of aryl methyl sites for hydroxylation is 1. The predicted octanol–water partition coefficient (Wildman–Crippen LogP) is 4.07. The molecule has 0 aromatic heterocycles. The fraction of sp³-hybridized carbons (Fsp3) is 0.696. The summed E-state index contributed by atoms with van der Waals surface area (Å²) in [6.45, 7) is 8.26. The molecule has 0 bridgehead atoms. The smallest absolute Gasteiger partial charge is 0.143 e. The molecular weight excluding hydrogens is 322 g/mol. The van der Waals surface area contributed by atoms with Crippen LogP contribution in [-0.2, 0) is 6.42 Å². The van der Waals surface area contributed by atoms with Crippen LogP contribution in [0.5, 0.6) is 0 Å². The van der Waals surface area contributed by atoms with Gasteiger partial charge >= 0.3 is 0 Å². The number of nitrogens with one attached hydrogen (secondary N) is 1. The number of unbranched alkanes of at least 4 members (excludes halogenated alkanes) is 9. The van der Waals surface area contributed by atoms with Gasteiger partial charge in [0.1, 0.15) is 5.69 Å². The van der Waals surface area contributed by atoms with E-state index in [2.05, 4.69) is 26.8 Å². The first-order valence-electron chi connectivity index (χ1n) is 10.8. The summed E-state index contributed by atoms with van der Waals surface area (Å²) in [4.78, 5) is 12.8. The van der Waals surface area contributed by atoms with Gasteiger partial charge in [-0.05, 0) is 32.8 Å². The van der Waals surface area contributed by atoms with Crippen LogP contribution in [0, 0.1) is 0 Å². The fourth-order valence-corrected chi connectivity index (χ4v) is 3.80. The quantitative estimate of drug-likeness (QED) is 0.479. The van der Waals surface area contributed by atoms with Crippen molar-refractivity contribution in [2.45, 2.75) is 91.4 Å². The molecule has 1 N–H and O–H groups in total. The highest BCUT2D eigenvalue weighted by Gasteiger charge is 2.18. The minimum Gasteiger partial charge on any atom is -0.545 e. The van der Waals surface area contributed by atoms with Crippen LogP contribution in [0.3, 0.4) is 0 Å². The van der Waals surface area contributed by atoms with Gasteiger partial charge in [-0.1, -0.05) is 76.8 Å². The SMILES string of the molecule is CCCCCCCCCCCCc1cccc(C(=O)[O-])c1[NH+](CC)CC. The lowest BCUT2D eigenvalue weighted by Gasteiger charge is -2.22. The molecule has 0 aliphatic heterocycles. The Bertz CT molecular complexity index is 509. The number of aromatic carboxylic acids is 1. The van der Waals surface area contributed by atoms with E-state index in [0.29, 0.717) is 5.56 Å². The largest absolute Gasteiger partial charge is 0.545 e. The van der Waals surface area contributed by atoms with E-state index >= 15 is 0 Å². The number of hydrogen-bond acceptors (Lipinski definition) is 2. The number of quaternary nitrogens is 1. The zero-order valence-corrected chi connectivity index (χ0v) is 17.2. The molecule has 0 heterocycles. The van der Waals surface area contributed by atoms with Gasteiger partial charge in [-0.15, -0.1) is 0 Å². The van der Waals surface area contributed by atoms with Crippen LogP contribution >= 0.6 is 0 Å². The monoisotopic (exact) mass is 361 g/mol. The molecule has 1 aromatic carbocycles. The first-order valence-corrected chi connectivity index (χ1v) is 10.8. The summed E-state index contributed by atoms with van der Waals surface area (Å²) in [5.41, 5.74) is 2.51. The van der Waals surface area contributed by atoms with Gasteiger partial charge in [-0.2, -0.15) is 0 Å². The molecule has 0 amide bonds. The number of para-hydroxylation sites is 1. The molecule has 0 atom stereocenters. The molecule has 0 aliphatic rings. The van der Waals surface area contributed by atoms with Crippen molar-refractivity contribution in [3.05, 3.63) is 29.3 Å². The molecule has 0 unspecified atom stereocenters. The maximum absolute atomic E-state index is 11.5. The van der Waals surface area contributed by atoms with E-state index < -0.39 is 5.97 Å². The Hall–Kier alpha value is -1.35. The van der Waals surface area contributed by atoms with Gasteiger partial charge < -0.3 is 14.8 Å². The van der Waals surface area contributed by atoms with Gasteiger partial charge in [0.05, 0.1) is 24.6 Å². The summed E-state index contributed by atoms with van der Waals surface area (Å²) in [5, 5.41) is 11.5. The first-order chi connectivity index (χ1) is 12.7. The highest BCUT2D eigenvalue weighted by Crippen LogP contribution is 2.20. The zero-order chi connectivity index (χ0) is 19.2. The lowest BCUT2D eigenvalue weighted by atomic mass is 9.99. The number of rotatable bonds is 15. The van der Waals surface area contributed by atoms with Crippen molar-refractivity contribution in [2.75, 3.05) is 13.1 Å². The molecule has 0 spiro atoms. The van der Waals surface area contributed by atoms with Crippen LogP contribution in [0.4, 0.5) is 5.69 Å². The van der Waals surface area contributed by atoms with Crippen LogP contribution in [0.15, 0.2) is 18.2 Å². The fourth-order valence-electron chi connectivity index (χ4n) is 3.80. The molecule has 0 radical (unpaired) electrons. The molecule has 0 saturated heterocycles. The summed E-state index contributed by atoms with van der Waals surface area (Å²) in [5.74, 6) is -1.05. The van der Waals surface area contributed by atoms with Gasteiger partial charge in [-0.25, -0.2) is 0 Å². The van der Waals surface area contributed by atoms with Gasteiger partial charge in [-0.3, -0.25) is 0 Å². The average molecular weight is 362 g/mol. The Balaban J connectivity index is 2.45. The minimum absolute atomic E-state index is 0.369. The number of carboxylic acid groups (broad SMARTS) is 1. The van der Waals surface area contributed by atoms with Gasteiger partial charge in [0.2, 0.25) is 0 Å². The van der Waals surface area contributed by atoms with E-state index in [0.717, 1.165) is 31.6 Å². The molecular formula is C23H39NO2. The maximum Gasteiger partial charge on any atom is 0.143 e. The molecule has 1 rings (SSSR count). The zero-order valence-electron chi connectivity index (χ0n) is 17.2. The lowest BCUT2D eigenvalue weighted by molar-refractivity contribution is -0.828. The second-order valence-electron chi connectivity index (χ2n) is 7.37. The molecule has 1 aromatic rings. The van der Waals surface area contributed by atoms with Crippen molar-refractivity contribution in [3.8, 4) is 0 Å². The summed E-state index contributed by atoms with van der Waals surface area (Å²) >= 11 is 0. The molecule has 3 heteroatoms. The van der Waals surface area contributed by atoms with E-state index in [1.54, 1.807) is 6.07 Å². The summed E-state index contributed by atoms with van der Waals surface area (Å²) < 4.78 is 0. The highest BCUT2D eigenvalue weighted by molar-refractivity contribution is 5.91. The number of carbonyl (C=O) groups is 1. The lowest BCUT2D eigenvalue weighted by Crippen LogP contribution is -3.07. The third-order valence-electron chi connectivity index (χ3n) is 5.38. The number of carbonyl (C=O) groups excluding carboxylic acids is 1. The van der Waals surface area contributed by atoms with E-state index in [1.165, 1.54) is 68.3 Å². The van der Waals surface area contributed by atoms with Crippen LogP contribution in [0.25, 0.3) is 0 Å². The minimum atomic E-state index is -1.05. The Labute approximate surface area is 160 Å². The van der Waals surface area contributed by atoms with E-state index in [1.807, 2.05) is 6.07 Å². The Kier molecular flexibility index (Phi) is 12.0. The van der Waals surface area contributed by atoms with Gasteiger partial charge in [0.25, 0.3) is 0 Å². The van der Waals surface area contributed by atoms with Crippen molar-refractivity contribution >= 4 is 11.7 Å².